The molecule has 0 aromatic heterocycles. The molecule has 0 aliphatic heterocycles. The van der Waals surface area contributed by atoms with E-state index in [1.54, 1.807) is 12.1 Å². The Morgan fingerprint density at radius 3 is 2.13 bits per heavy atom. The summed E-state index contributed by atoms with van der Waals surface area (Å²) in [6.45, 7) is 2.74. The number of unbranched alkanes of at least 4 members (excludes halogenated alkanes) is 2. The van der Waals surface area contributed by atoms with Crippen molar-refractivity contribution in [1.29, 1.82) is 0 Å². The number of carbonyl (C=O) groups is 2. The molecule has 2 N–H and O–H groups in total. The van der Waals surface area contributed by atoms with E-state index in [9.17, 15) is 14.7 Å². The van der Waals surface area contributed by atoms with Crippen LogP contribution in [-0.2, 0) is 30.7 Å². The van der Waals surface area contributed by atoms with Crippen molar-refractivity contribution in [3.63, 3.8) is 0 Å². The molecule has 0 aliphatic rings. The van der Waals surface area contributed by atoms with Gasteiger partial charge in [-0.1, -0.05) is 80.8 Å². The third-order valence-electron chi connectivity index (χ3n) is 7.01. The van der Waals surface area contributed by atoms with Gasteiger partial charge in [0.05, 0.1) is 5.56 Å². The van der Waals surface area contributed by atoms with Crippen LogP contribution in [0, 0.1) is 5.92 Å². The highest BCUT2D eigenvalue weighted by Gasteiger charge is 2.14. The van der Waals surface area contributed by atoms with Gasteiger partial charge in [-0.2, -0.15) is 0 Å². The van der Waals surface area contributed by atoms with Gasteiger partial charge in [0.25, 0.3) is 0 Å². The summed E-state index contributed by atoms with van der Waals surface area (Å²) < 4.78 is 6.23. The lowest BCUT2D eigenvalue weighted by atomic mass is 9.88. The minimum atomic E-state index is -0.925. The average Bonchev–Trinajstić information content (AvgIpc) is 2.92. The molecule has 0 fully saturated rings. The third-order valence-corrected chi connectivity index (χ3v) is 7.01. The van der Waals surface area contributed by atoms with E-state index < -0.39 is 11.9 Å². The molecule has 0 radical (unpaired) electrons. The molecule has 1 unspecified atom stereocenters. The summed E-state index contributed by atoms with van der Waals surface area (Å²) in [4.78, 5) is 22.1. The van der Waals surface area contributed by atoms with Crippen LogP contribution in [0.3, 0.4) is 0 Å². The molecule has 1 atom stereocenters. The normalized spacial score (nSPS) is 11.7. The molecule has 202 valence electrons. The molecule has 0 spiro atoms. The van der Waals surface area contributed by atoms with Gasteiger partial charge >= 0.3 is 11.9 Å². The van der Waals surface area contributed by atoms with Crippen molar-refractivity contribution in [2.45, 2.75) is 77.7 Å². The molecule has 3 aromatic rings. The van der Waals surface area contributed by atoms with Crippen molar-refractivity contribution in [2.24, 2.45) is 5.92 Å². The first-order valence-electron chi connectivity index (χ1n) is 13.8. The first-order valence-corrected chi connectivity index (χ1v) is 13.8. The molecular formula is C33H40O5. The third kappa shape index (κ3) is 10.0. The lowest BCUT2D eigenvalue weighted by molar-refractivity contribution is -0.137. The Kier molecular flexibility index (Phi) is 11.9. The molecule has 0 bridgehead atoms. The zero-order valence-corrected chi connectivity index (χ0v) is 22.4. The van der Waals surface area contributed by atoms with E-state index in [1.165, 1.54) is 24.0 Å². The van der Waals surface area contributed by atoms with E-state index in [1.807, 2.05) is 30.3 Å². The van der Waals surface area contributed by atoms with Gasteiger partial charge in [0.15, 0.2) is 0 Å². The lowest BCUT2D eigenvalue weighted by Gasteiger charge is -2.19. The van der Waals surface area contributed by atoms with Crippen LogP contribution >= 0.6 is 0 Å². The number of aryl methyl sites for hydroxylation is 2. The molecule has 3 aromatic carbocycles. The van der Waals surface area contributed by atoms with Crippen molar-refractivity contribution < 1.29 is 24.5 Å². The number of hydrogen-bond acceptors (Lipinski definition) is 3. The van der Waals surface area contributed by atoms with E-state index in [0.717, 1.165) is 55.4 Å². The summed E-state index contributed by atoms with van der Waals surface area (Å²) in [5.41, 5.74) is 5.08. The van der Waals surface area contributed by atoms with Gasteiger partial charge in [-0.15, -0.1) is 0 Å². The molecule has 0 saturated carbocycles. The molecule has 0 saturated heterocycles. The summed E-state index contributed by atoms with van der Waals surface area (Å²) in [6.07, 6.45) is 8.80. The summed E-state index contributed by atoms with van der Waals surface area (Å²) in [7, 11) is 0. The summed E-state index contributed by atoms with van der Waals surface area (Å²) in [5, 5.41) is 18.2. The van der Waals surface area contributed by atoms with E-state index in [2.05, 4.69) is 37.3 Å². The average molecular weight is 517 g/mol. The predicted octanol–water partition coefficient (Wildman–Crippen LogP) is 7.74. The molecule has 0 aliphatic carbocycles. The van der Waals surface area contributed by atoms with Crippen molar-refractivity contribution >= 4 is 11.9 Å². The Morgan fingerprint density at radius 2 is 1.45 bits per heavy atom. The van der Waals surface area contributed by atoms with Crippen molar-refractivity contribution in [2.75, 3.05) is 0 Å². The fraction of sp³-hybridized carbons (Fsp3) is 0.394. The van der Waals surface area contributed by atoms with Crippen LogP contribution in [0.4, 0.5) is 0 Å². The van der Waals surface area contributed by atoms with Crippen molar-refractivity contribution in [3.05, 3.63) is 101 Å². The number of aromatic carboxylic acids is 1. The van der Waals surface area contributed by atoms with E-state index in [-0.39, 0.29) is 12.0 Å². The summed E-state index contributed by atoms with van der Waals surface area (Å²) in [5.74, 6) is -0.417. The lowest BCUT2D eigenvalue weighted by Crippen LogP contribution is -2.08. The SMILES string of the molecule is CCCCc1ccc(COc2ccccc2CCC(CCCCC(=O)O)Cc2ccc(C(=O)O)cc2)cc1. The van der Waals surface area contributed by atoms with Crippen LogP contribution in [0.5, 0.6) is 5.75 Å². The largest absolute Gasteiger partial charge is 0.489 e. The molecule has 3 rings (SSSR count). The highest BCUT2D eigenvalue weighted by Crippen LogP contribution is 2.26. The first-order chi connectivity index (χ1) is 18.4. The minimum Gasteiger partial charge on any atom is -0.489 e. The smallest absolute Gasteiger partial charge is 0.335 e. The van der Waals surface area contributed by atoms with Crippen LogP contribution in [0.15, 0.2) is 72.8 Å². The second-order valence-corrected chi connectivity index (χ2v) is 10.1. The maximum Gasteiger partial charge on any atom is 0.335 e. The van der Waals surface area contributed by atoms with Crippen LogP contribution < -0.4 is 4.74 Å². The van der Waals surface area contributed by atoms with E-state index in [0.29, 0.717) is 18.9 Å². The van der Waals surface area contributed by atoms with Crippen LogP contribution in [-0.4, -0.2) is 22.2 Å². The Hall–Kier alpha value is -3.60. The van der Waals surface area contributed by atoms with Gasteiger partial charge in [-0.05, 0) is 84.9 Å². The standard InChI is InChI=1S/C33H40O5/c1-2-3-8-25-13-15-28(16-14-25)24-38-31-11-6-5-10-29(31)20-17-26(9-4-7-12-32(34)35)23-27-18-21-30(22-19-27)33(36)37/h5-6,10-11,13-16,18-19,21-22,26H,2-4,7-9,12,17,20,23-24H2,1H3,(H,34,35)(H,36,37). The number of carboxylic acid groups (broad SMARTS) is 2. The minimum absolute atomic E-state index is 0.191. The molecule has 5 heteroatoms. The van der Waals surface area contributed by atoms with Gasteiger partial charge in [0, 0.05) is 6.42 Å². The number of ether oxygens (including phenoxy) is 1. The second kappa shape index (κ2) is 15.6. The van der Waals surface area contributed by atoms with E-state index >= 15 is 0 Å². The number of aliphatic carboxylic acids is 1. The van der Waals surface area contributed by atoms with Gasteiger partial charge in [-0.25, -0.2) is 4.79 Å². The van der Waals surface area contributed by atoms with Gasteiger partial charge in [-0.3, -0.25) is 4.79 Å². The van der Waals surface area contributed by atoms with Gasteiger partial charge in [0.1, 0.15) is 12.4 Å². The fourth-order valence-electron chi connectivity index (χ4n) is 4.73. The summed E-state index contributed by atoms with van der Waals surface area (Å²) in [6, 6.07) is 23.9. The molecule has 5 nitrogen and oxygen atoms in total. The second-order valence-electron chi connectivity index (χ2n) is 10.1. The number of para-hydroxylation sites is 1. The number of benzene rings is 3. The number of hydrogen-bond donors (Lipinski definition) is 2. The van der Waals surface area contributed by atoms with Crippen LogP contribution in [0.1, 0.15) is 84.5 Å². The Labute approximate surface area is 226 Å². The Morgan fingerprint density at radius 1 is 0.763 bits per heavy atom. The monoisotopic (exact) mass is 516 g/mol. The maximum atomic E-state index is 11.2. The highest BCUT2D eigenvalue weighted by molar-refractivity contribution is 5.87. The first kappa shape index (κ1) is 29.0. The van der Waals surface area contributed by atoms with Crippen LogP contribution in [0.25, 0.3) is 0 Å². The van der Waals surface area contributed by atoms with Crippen LogP contribution in [0.2, 0.25) is 0 Å². The van der Waals surface area contributed by atoms with Gasteiger partial charge < -0.3 is 14.9 Å². The highest BCUT2D eigenvalue weighted by atomic mass is 16.5. The molecule has 0 amide bonds. The predicted molar refractivity (Wildman–Crippen MR) is 151 cm³/mol. The van der Waals surface area contributed by atoms with Crippen molar-refractivity contribution in [1.82, 2.24) is 0 Å². The number of carboxylic acids is 2. The zero-order chi connectivity index (χ0) is 27.2. The summed E-state index contributed by atoms with van der Waals surface area (Å²) >= 11 is 0. The van der Waals surface area contributed by atoms with Gasteiger partial charge in [0.2, 0.25) is 0 Å². The van der Waals surface area contributed by atoms with Crippen molar-refractivity contribution in [3.8, 4) is 5.75 Å². The molecular weight excluding hydrogens is 476 g/mol. The number of rotatable bonds is 17. The maximum absolute atomic E-state index is 11.2. The fourth-order valence-corrected chi connectivity index (χ4v) is 4.73. The quantitative estimate of drug-likeness (QED) is 0.179. The van der Waals surface area contributed by atoms with E-state index in [4.69, 9.17) is 9.84 Å². The molecule has 38 heavy (non-hydrogen) atoms. The topological polar surface area (TPSA) is 83.8 Å². The Balaban J connectivity index is 1.61. The zero-order valence-electron chi connectivity index (χ0n) is 22.4. The Bertz CT molecular complexity index is 1130. The molecule has 0 heterocycles.